The summed E-state index contributed by atoms with van der Waals surface area (Å²) < 4.78 is 35.0. The Hall–Kier alpha value is -1.43. The van der Waals surface area contributed by atoms with Gasteiger partial charge in [-0.2, -0.15) is 0 Å². The first-order valence-corrected chi connectivity index (χ1v) is 16.0. The highest BCUT2D eigenvalue weighted by molar-refractivity contribution is 7.53. The third kappa shape index (κ3) is 22.3. The van der Waals surface area contributed by atoms with Crippen molar-refractivity contribution in [1.29, 1.82) is 0 Å². The first kappa shape index (κ1) is 35.6. The molecule has 0 N–H and O–H groups in total. The molecule has 0 radical (unpaired) electrons. The van der Waals surface area contributed by atoms with Gasteiger partial charge in [0.25, 0.3) is 0 Å². The van der Waals surface area contributed by atoms with Crippen molar-refractivity contribution in [2.24, 2.45) is 0 Å². The molecule has 0 heterocycles. The topological polar surface area (TPSA) is 88.1 Å². The van der Waals surface area contributed by atoms with Crippen LogP contribution in [0.15, 0.2) is 24.3 Å². The molecule has 0 spiro atoms. The minimum absolute atomic E-state index is 0.321. The van der Waals surface area contributed by atoms with Crippen molar-refractivity contribution >= 4 is 19.5 Å². The van der Waals surface area contributed by atoms with Crippen molar-refractivity contribution in [3.05, 3.63) is 24.3 Å². The predicted molar refractivity (Wildman–Crippen MR) is 151 cm³/mol. The summed E-state index contributed by atoms with van der Waals surface area (Å²) in [5, 5.41) is 0. The van der Waals surface area contributed by atoms with Crippen molar-refractivity contribution in [3.8, 4) is 0 Å². The molecule has 8 heteroatoms. The molecule has 0 aliphatic rings. The fourth-order valence-electron chi connectivity index (χ4n) is 3.53. The zero-order valence-electron chi connectivity index (χ0n) is 23.9. The lowest BCUT2D eigenvalue weighted by Gasteiger charge is -2.18. The Morgan fingerprint density at radius 2 is 0.919 bits per heavy atom. The Morgan fingerprint density at radius 3 is 1.27 bits per heavy atom. The van der Waals surface area contributed by atoms with Gasteiger partial charge in [0.05, 0.1) is 32.6 Å². The third-order valence-corrected chi connectivity index (χ3v) is 7.87. The lowest BCUT2D eigenvalue weighted by molar-refractivity contribution is -0.139. The SMILES string of the molecule is C=C(C)C(=O)OCCCCCCCCOP(=O)(CCCCC)OCCCCCCCCOC(=O)C(=C)C. The summed E-state index contributed by atoms with van der Waals surface area (Å²) in [5.41, 5.74) is 0.867. The molecule has 0 aromatic rings. The van der Waals surface area contributed by atoms with Gasteiger partial charge in [0, 0.05) is 11.1 Å². The maximum absolute atomic E-state index is 13.2. The molecule has 0 amide bonds. The second kappa shape index (κ2) is 23.7. The Kier molecular flexibility index (Phi) is 22.8. The summed E-state index contributed by atoms with van der Waals surface area (Å²) in [6, 6.07) is 0. The van der Waals surface area contributed by atoms with Crippen molar-refractivity contribution in [2.45, 2.75) is 117 Å². The number of hydrogen-bond acceptors (Lipinski definition) is 7. The van der Waals surface area contributed by atoms with E-state index in [0.717, 1.165) is 96.3 Å². The molecule has 0 bridgehead atoms. The standard InChI is InChI=1S/C29H53O7P/c1-6-7-20-25-37(32,35-23-18-14-10-8-12-16-21-33-28(30)26(2)3)36-24-19-15-11-9-13-17-22-34-29(31)27(4)5/h2,4,6-25H2,1,3,5H3. The average molecular weight is 545 g/mol. The lowest BCUT2D eigenvalue weighted by atomic mass is 10.1. The molecule has 0 rings (SSSR count). The van der Waals surface area contributed by atoms with Gasteiger partial charge in [-0.05, 0) is 46.0 Å². The molecule has 0 fully saturated rings. The summed E-state index contributed by atoms with van der Waals surface area (Å²) >= 11 is 0. The van der Waals surface area contributed by atoms with Gasteiger partial charge < -0.3 is 18.5 Å². The van der Waals surface area contributed by atoms with E-state index in [1.165, 1.54) is 0 Å². The Balaban J connectivity index is 3.90. The summed E-state index contributed by atoms with van der Waals surface area (Å²) in [6.07, 6.45) is 15.3. The molecule has 37 heavy (non-hydrogen) atoms. The van der Waals surface area contributed by atoms with Crippen LogP contribution in [0.1, 0.15) is 117 Å². The highest BCUT2D eigenvalue weighted by Gasteiger charge is 2.23. The molecule has 0 aromatic carbocycles. The first-order chi connectivity index (χ1) is 17.7. The van der Waals surface area contributed by atoms with Crippen molar-refractivity contribution < 1.29 is 32.7 Å². The number of esters is 2. The molecular formula is C29H53O7P. The minimum Gasteiger partial charge on any atom is -0.462 e. The molecule has 0 aliphatic carbocycles. The van der Waals surface area contributed by atoms with Crippen LogP contribution in [-0.2, 0) is 32.7 Å². The van der Waals surface area contributed by atoms with Gasteiger partial charge in [-0.25, -0.2) is 9.59 Å². The fraction of sp³-hybridized carbons (Fsp3) is 0.793. The third-order valence-electron chi connectivity index (χ3n) is 5.85. The number of ether oxygens (including phenoxy) is 2. The van der Waals surface area contributed by atoms with E-state index in [9.17, 15) is 14.2 Å². The van der Waals surface area contributed by atoms with E-state index in [1.807, 2.05) is 0 Å². The van der Waals surface area contributed by atoms with Crippen LogP contribution < -0.4 is 0 Å². The molecule has 0 aliphatic heterocycles. The van der Waals surface area contributed by atoms with Gasteiger partial charge >= 0.3 is 19.5 Å². The van der Waals surface area contributed by atoms with Gasteiger partial charge in [0.1, 0.15) is 0 Å². The van der Waals surface area contributed by atoms with Crippen LogP contribution in [0, 0.1) is 0 Å². The predicted octanol–water partition coefficient (Wildman–Crippen LogP) is 8.32. The van der Waals surface area contributed by atoms with E-state index in [2.05, 4.69) is 20.1 Å². The van der Waals surface area contributed by atoms with Crippen LogP contribution >= 0.6 is 7.60 Å². The normalized spacial score (nSPS) is 11.3. The quantitative estimate of drug-likeness (QED) is 0.0468. The van der Waals surface area contributed by atoms with Crippen molar-refractivity contribution in [3.63, 3.8) is 0 Å². The Morgan fingerprint density at radius 1 is 0.568 bits per heavy atom. The zero-order valence-corrected chi connectivity index (χ0v) is 24.8. The number of rotatable bonds is 26. The second-order valence-corrected chi connectivity index (χ2v) is 12.0. The van der Waals surface area contributed by atoms with Crippen LogP contribution in [0.3, 0.4) is 0 Å². The maximum atomic E-state index is 13.2. The van der Waals surface area contributed by atoms with E-state index in [1.54, 1.807) is 13.8 Å². The highest BCUT2D eigenvalue weighted by Crippen LogP contribution is 2.49. The maximum Gasteiger partial charge on any atom is 0.333 e. The highest BCUT2D eigenvalue weighted by atomic mass is 31.2. The van der Waals surface area contributed by atoms with Crippen molar-refractivity contribution in [2.75, 3.05) is 32.6 Å². The van der Waals surface area contributed by atoms with E-state index in [-0.39, 0.29) is 11.9 Å². The summed E-state index contributed by atoms with van der Waals surface area (Å²) in [5.74, 6) is -0.642. The molecule has 0 saturated carbocycles. The smallest absolute Gasteiger partial charge is 0.333 e. The minimum atomic E-state index is -3.04. The Bertz CT molecular complexity index is 640. The van der Waals surface area contributed by atoms with Crippen LogP contribution in [0.4, 0.5) is 0 Å². The van der Waals surface area contributed by atoms with Crippen LogP contribution in [-0.4, -0.2) is 44.5 Å². The summed E-state index contributed by atoms with van der Waals surface area (Å²) in [6.45, 7) is 14.4. The number of unbranched alkanes of at least 4 members (excludes halogenated alkanes) is 12. The number of carbonyl (C=O) groups excluding carboxylic acids is 2. The van der Waals surface area contributed by atoms with Crippen LogP contribution in [0.5, 0.6) is 0 Å². The Labute approximate surface area is 226 Å². The van der Waals surface area contributed by atoms with Gasteiger partial charge in [-0.1, -0.05) is 84.3 Å². The molecule has 216 valence electrons. The van der Waals surface area contributed by atoms with Crippen LogP contribution in [0.25, 0.3) is 0 Å². The van der Waals surface area contributed by atoms with E-state index >= 15 is 0 Å². The fourth-order valence-corrected chi connectivity index (χ4v) is 5.29. The average Bonchev–Trinajstić information content (AvgIpc) is 2.86. The zero-order chi connectivity index (χ0) is 27.8. The van der Waals surface area contributed by atoms with E-state index in [4.69, 9.17) is 18.5 Å². The molecule has 0 atom stereocenters. The second-order valence-electron chi connectivity index (χ2n) is 9.78. The van der Waals surface area contributed by atoms with Crippen molar-refractivity contribution in [1.82, 2.24) is 0 Å². The van der Waals surface area contributed by atoms with E-state index < -0.39 is 7.60 Å². The molecular weight excluding hydrogens is 491 g/mol. The summed E-state index contributed by atoms with van der Waals surface area (Å²) in [4.78, 5) is 22.6. The number of carbonyl (C=O) groups is 2. The van der Waals surface area contributed by atoms with Gasteiger partial charge in [-0.15, -0.1) is 0 Å². The molecule has 7 nitrogen and oxygen atoms in total. The first-order valence-electron chi connectivity index (χ1n) is 14.2. The molecule has 0 saturated heterocycles. The monoisotopic (exact) mass is 544 g/mol. The molecule has 0 unspecified atom stereocenters. The molecule has 0 aromatic heterocycles. The van der Waals surface area contributed by atoms with Crippen LogP contribution in [0.2, 0.25) is 0 Å². The summed E-state index contributed by atoms with van der Waals surface area (Å²) in [7, 11) is -3.04. The van der Waals surface area contributed by atoms with Gasteiger partial charge in [-0.3, -0.25) is 4.57 Å². The van der Waals surface area contributed by atoms with Gasteiger partial charge in [0.2, 0.25) is 0 Å². The lowest BCUT2D eigenvalue weighted by Crippen LogP contribution is -2.06. The largest absolute Gasteiger partial charge is 0.462 e. The van der Waals surface area contributed by atoms with Gasteiger partial charge in [0.15, 0.2) is 0 Å². The number of hydrogen-bond donors (Lipinski definition) is 0. The van der Waals surface area contributed by atoms with E-state index in [0.29, 0.717) is 43.7 Å².